The molecule has 6 heteroatoms. The molecule has 1 atom stereocenters. The molecule has 2 aliphatic heterocycles. The number of thioether (sulfide) groups is 1. The van der Waals surface area contributed by atoms with Gasteiger partial charge in [-0.1, -0.05) is 42.5 Å². The fourth-order valence-corrected chi connectivity index (χ4v) is 4.58. The maximum Gasteiger partial charge on any atom is 0.290 e. The van der Waals surface area contributed by atoms with Gasteiger partial charge < -0.3 is 14.4 Å². The summed E-state index contributed by atoms with van der Waals surface area (Å²) in [6.07, 6.45) is 1.92. The SMILES string of the molecule is O=C(C1=C(c2ccccc2)SCCO1)N(Cc1cccc(F)c1)C[C@@H]1CCCO1. The Morgan fingerprint density at radius 2 is 2.00 bits per heavy atom. The van der Waals surface area contributed by atoms with E-state index in [9.17, 15) is 9.18 Å². The number of amides is 1. The van der Waals surface area contributed by atoms with E-state index >= 15 is 0 Å². The molecule has 2 heterocycles. The largest absolute Gasteiger partial charge is 0.486 e. The second-order valence-corrected chi connectivity index (χ2v) is 8.28. The summed E-state index contributed by atoms with van der Waals surface area (Å²) in [6.45, 7) is 2.00. The third kappa shape index (κ3) is 5.00. The lowest BCUT2D eigenvalue weighted by atomic mass is 10.1. The molecule has 0 radical (unpaired) electrons. The van der Waals surface area contributed by atoms with Gasteiger partial charge in [0.1, 0.15) is 5.82 Å². The predicted molar refractivity (Wildman–Crippen MR) is 113 cm³/mol. The van der Waals surface area contributed by atoms with Crippen molar-refractivity contribution in [2.45, 2.75) is 25.5 Å². The minimum Gasteiger partial charge on any atom is -0.486 e. The van der Waals surface area contributed by atoms with E-state index < -0.39 is 0 Å². The normalized spacial score (nSPS) is 19.1. The Labute approximate surface area is 174 Å². The first-order chi connectivity index (χ1) is 14.2. The van der Waals surface area contributed by atoms with Crippen LogP contribution in [-0.4, -0.2) is 42.4 Å². The van der Waals surface area contributed by atoms with Crippen LogP contribution in [0.5, 0.6) is 0 Å². The fourth-order valence-electron chi connectivity index (χ4n) is 3.63. The quantitative estimate of drug-likeness (QED) is 0.701. The summed E-state index contributed by atoms with van der Waals surface area (Å²) >= 11 is 1.64. The van der Waals surface area contributed by atoms with Crippen molar-refractivity contribution < 1.29 is 18.7 Å². The molecule has 2 aliphatic rings. The molecule has 1 saturated heterocycles. The molecule has 0 aliphatic carbocycles. The molecule has 2 aromatic rings. The molecule has 0 N–H and O–H groups in total. The molecular formula is C23H24FNO3S. The number of halogens is 1. The van der Waals surface area contributed by atoms with Crippen LogP contribution in [0.2, 0.25) is 0 Å². The Balaban J connectivity index is 1.64. The minimum absolute atomic E-state index is 0.00419. The van der Waals surface area contributed by atoms with Crippen LogP contribution in [-0.2, 0) is 20.8 Å². The third-order valence-electron chi connectivity index (χ3n) is 5.01. The summed E-state index contributed by atoms with van der Waals surface area (Å²) in [6, 6.07) is 16.2. The van der Waals surface area contributed by atoms with Crippen LogP contribution in [0.25, 0.3) is 4.91 Å². The molecule has 1 amide bonds. The molecule has 0 saturated carbocycles. The summed E-state index contributed by atoms with van der Waals surface area (Å²) in [5, 5.41) is 0. The van der Waals surface area contributed by atoms with Crippen molar-refractivity contribution in [3.63, 3.8) is 0 Å². The molecule has 2 aromatic carbocycles. The summed E-state index contributed by atoms with van der Waals surface area (Å²) < 4.78 is 25.3. The van der Waals surface area contributed by atoms with E-state index in [0.29, 0.717) is 25.5 Å². The van der Waals surface area contributed by atoms with Gasteiger partial charge in [0.25, 0.3) is 5.91 Å². The van der Waals surface area contributed by atoms with E-state index in [0.717, 1.165) is 41.2 Å². The lowest BCUT2D eigenvalue weighted by Gasteiger charge is -2.29. The van der Waals surface area contributed by atoms with Crippen molar-refractivity contribution in [1.29, 1.82) is 0 Å². The summed E-state index contributed by atoms with van der Waals surface area (Å²) in [5.41, 5.74) is 1.73. The van der Waals surface area contributed by atoms with Crippen LogP contribution in [0.3, 0.4) is 0 Å². The van der Waals surface area contributed by atoms with E-state index in [1.54, 1.807) is 22.7 Å². The predicted octanol–water partition coefficient (Wildman–Crippen LogP) is 4.47. The number of nitrogens with zero attached hydrogens (tertiary/aromatic N) is 1. The van der Waals surface area contributed by atoms with Crippen molar-refractivity contribution in [2.24, 2.45) is 0 Å². The first kappa shape index (κ1) is 20.0. The van der Waals surface area contributed by atoms with E-state index in [1.807, 2.05) is 36.4 Å². The molecule has 152 valence electrons. The zero-order valence-corrected chi connectivity index (χ0v) is 17.0. The van der Waals surface area contributed by atoms with Crippen molar-refractivity contribution in [2.75, 3.05) is 25.5 Å². The fraction of sp³-hybridized carbons (Fsp3) is 0.348. The highest BCUT2D eigenvalue weighted by atomic mass is 32.2. The number of rotatable bonds is 6. The van der Waals surface area contributed by atoms with Gasteiger partial charge in [-0.15, -0.1) is 11.8 Å². The van der Waals surface area contributed by atoms with Crippen LogP contribution in [0.4, 0.5) is 4.39 Å². The van der Waals surface area contributed by atoms with Gasteiger partial charge in [0.15, 0.2) is 5.76 Å². The molecule has 1 fully saturated rings. The second-order valence-electron chi connectivity index (χ2n) is 7.17. The number of hydrogen-bond donors (Lipinski definition) is 0. The van der Waals surface area contributed by atoms with Gasteiger partial charge >= 0.3 is 0 Å². The number of carbonyl (C=O) groups is 1. The molecule has 29 heavy (non-hydrogen) atoms. The highest BCUT2D eigenvalue weighted by Crippen LogP contribution is 2.35. The van der Waals surface area contributed by atoms with Crippen LogP contribution >= 0.6 is 11.8 Å². The zero-order valence-electron chi connectivity index (χ0n) is 16.2. The molecule has 0 spiro atoms. The average molecular weight is 414 g/mol. The van der Waals surface area contributed by atoms with Crippen LogP contribution in [0.1, 0.15) is 24.0 Å². The van der Waals surface area contributed by atoms with Gasteiger partial charge in [0.05, 0.1) is 17.6 Å². The zero-order chi connectivity index (χ0) is 20.1. The Bertz CT molecular complexity index is 881. The molecule has 0 unspecified atom stereocenters. The average Bonchev–Trinajstić information content (AvgIpc) is 3.27. The van der Waals surface area contributed by atoms with Crippen LogP contribution in [0, 0.1) is 5.82 Å². The van der Waals surface area contributed by atoms with Crippen molar-refractivity contribution in [3.8, 4) is 0 Å². The lowest BCUT2D eigenvalue weighted by molar-refractivity contribution is -0.132. The molecule has 4 nitrogen and oxygen atoms in total. The van der Waals surface area contributed by atoms with Crippen LogP contribution in [0.15, 0.2) is 60.4 Å². The van der Waals surface area contributed by atoms with E-state index in [1.165, 1.54) is 12.1 Å². The number of hydrogen-bond acceptors (Lipinski definition) is 4. The minimum atomic E-state index is -0.305. The highest BCUT2D eigenvalue weighted by Gasteiger charge is 2.30. The Hall–Kier alpha value is -2.31. The standard InChI is InChI=1S/C23H24FNO3S/c24-19-9-4-6-17(14-19)15-25(16-20-10-5-11-27-20)23(26)21-22(29-13-12-28-21)18-7-2-1-3-8-18/h1-4,6-9,14,20H,5,10-13,15-16H2/t20-/m0/s1. The van der Waals surface area contributed by atoms with Gasteiger partial charge in [-0.3, -0.25) is 4.79 Å². The van der Waals surface area contributed by atoms with Crippen molar-refractivity contribution in [1.82, 2.24) is 4.90 Å². The van der Waals surface area contributed by atoms with E-state index in [-0.39, 0.29) is 17.8 Å². The Morgan fingerprint density at radius 1 is 1.14 bits per heavy atom. The second kappa shape index (κ2) is 9.46. The maximum absolute atomic E-state index is 13.7. The first-order valence-corrected chi connectivity index (χ1v) is 10.9. The number of ether oxygens (including phenoxy) is 2. The molecule has 0 aromatic heterocycles. The smallest absolute Gasteiger partial charge is 0.290 e. The Kier molecular flexibility index (Phi) is 6.52. The molecular weight excluding hydrogens is 389 g/mol. The number of benzene rings is 2. The monoisotopic (exact) mass is 413 g/mol. The topological polar surface area (TPSA) is 38.8 Å². The highest BCUT2D eigenvalue weighted by molar-refractivity contribution is 8.08. The molecule has 0 bridgehead atoms. The molecule has 4 rings (SSSR count). The summed E-state index contributed by atoms with van der Waals surface area (Å²) in [7, 11) is 0. The van der Waals surface area contributed by atoms with E-state index in [2.05, 4.69) is 0 Å². The van der Waals surface area contributed by atoms with Crippen molar-refractivity contribution >= 4 is 22.6 Å². The van der Waals surface area contributed by atoms with Gasteiger partial charge in [0.2, 0.25) is 0 Å². The number of carbonyl (C=O) groups excluding carboxylic acids is 1. The van der Waals surface area contributed by atoms with Gasteiger partial charge in [-0.05, 0) is 36.1 Å². The summed E-state index contributed by atoms with van der Waals surface area (Å²) in [5.74, 6) is 0.703. The van der Waals surface area contributed by atoms with Gasteiger partial charge in [-0.2, -0.15) is 0 Å². The van der Waals surface area contributed by atoms with E-state index in [4.69, 9.17) is 9.47 Å². The third-order valence-corrected chi connectivity index (χ3v) is 6.09. The lowest BCUT2D eigenvalue weighted by Crippen LogP contribution is -2.39. The van der Waals surface area contributed by atoms with Gasteiger partial charge in [0, 0.05) is 25.4 Å². The summed E-state index contributed by atoms with van der Waals surface area (Å²) in [4.78, 5) is 16.1. The van der Waals surface area contributed by atoms with Crippen LogP contribution < -0.4 is 0 Å². The van der Waals surface area contributed by atoms with Crippen molar-refractivity contribution in [3.05, 3.63) is 77.3 Å². The van der Waals surface area contributed by atoms with Gasteiger partial charge in [-0.25, -0.2) is 4.39 Å². The maximum atomic E-state index is 13.7. The first-order valence-electron chi connectivity index (χ1n) is 9.91. The Morgan fingerprint density at radius 3 is 2.76 bits per heavy atom.